The molecular formula is C37H52ClN3O6S. The van der Waals surface area contributed by atoms with Crippen LogP contribution >= 0.6 is 11.6 Å². The highest BCUT2D eigenvalue weighted by Gasteiger charge is 2.48. The molecule has 2 amide bonds. The first-order valence-electron chi connectivity index (χ1n) is 17.7. The standard InChI is InChI=1S/C37H52ClN3O6S/c1-5-40(6-2)35(42)22-37(44)18-9-10-25(3)26(4)48(45,46)39-36(43)28-14-17-34-33(21-28)41(23-29-13-16-32(29)37)19-8-7-11-27-20-31(38)15-12-30(27)24-47-34/h12,14-15,17,20-21,25-26,29,32,44H,5-11,13,16,18-19,22-24H2,1-4H3,(H,39,43)/t25-,26+,29-,32+,37-/m0/s1. The van der Waals surface area contributed by atoms with Gasteiger partial charge in [0.1, 0.15) is 12.4 Å². The van der Waals surface area contributed by atoms with Gasteiger partial charge < -0.3 is 19.6 Å². The average Bonchev–Trinajstić information content (AvgIpc) is 3.05. The number of ether oxygens (including phenoxy) is 1. The van der Waals surface area contributed by atoms with Gasteiger partial charge in [-0.15, -0.1) is 0 Å². The van der Waals surface area contributed by atoms with E-state index in [1.54, 1.807) is 30.0 Å². The number of hydrogen-bond donors (Lipinski definition) is 2. The lowest BCUT2D eigenvalue weighted by Gasteiger charge is -2.49. The van der Waals surface area contributed by atoms with Gasteiger partial charge >= 0.3 is 0 Å². The van der Waals surface area contributed by atoms with Crippen molar-refractivity contribution in [3.05, 3.63) is 58.1 Å². The highest BCUT2D eigenvalue weighted by Crippen LogP contribution is 2.47. The van der Waals surface area contributed by atoms with Crippen molar-refractivity contribution >= 4 is 39.1 Å². The van der Waals surface area contributed by atoms with Crippen molar-refractivity contribution < 1.29 is 27.9 Å². The molecular weight excluding hydrogens is 650 g/mol. The first kappa shape index (κ1) is 36.5. The van der Waals surface area contributed by atoms with Crippen LogP contribution in [0.3, 0.4) is 0 Å². The molecule has 1 saturated carbocycles. The second-order valence-electron chi connectivity index (χ2n) is 14.1. The fourth-order valence-corrected chi connectivity index (χ4v) is 9.27. The summed E-state index contributed by atoms with van der Waals surface area (Å²) < 4.78 is 35.6. The Hall–Kier alpha value is -2.82. The second kappa shape index (κ2) is 15.4. The zero-order valence-corrected chi connectivity index (χ0v) is 30.4. The summed E-state index contributed by atoms with van der Waals surface area (Å²) in [6.07, 6.45) is 5.98. The lowest BCUT2D eigenvalue weighted by atomic mass is 9.62. The van der Waals surface area contributed by atoms with Gasteiger partial charge in [0, 0.05) is 36.8 Å². The van der Waals surface area contributed by atoms with Gasteiger partial charge in [-0.05, 0) is 125 Å². The average molecular weight is 702 g/mol. The number of amides is 2. The largest absolute Gasteiger partial charge is 0.487 e. The molecule has 0 aromatic heterocycles. The number of nitrogens with one attached hydrogen (secondary N) is 1. The minimum Gasteiger partial charge on any atom is -0.487 e. The summed E-state index contributed by atoms with van der Waals surface area (Å²) in [6, 6.07) is 11.0. The topological polar surface area (TPSA) is 116 Å². The summed E-state index contributed by atoms with van der Waals surface area (Å²) in [6.45, 7) is 10.2. The molecule has 2 heterocycles. The summed E-state index contributed by atoms with van der Waals surface area (Å²) in [7, 11) is -3.99. The van der Waals surface area contributed by atoms with E-state index in [-0.39, 0.29) is 35.6 Å². The molecule has 0 spiro atoms. The van der Waals surface area contributed by atoms with Crippen LogP contribution in [-0.4, -0.2) is 67.3 Å². The van der Waals surface area contributed by atoms with Gasteiger partial charge in [0.15, 0.2) is 0 Å². The van der Waals surface area contributed by atoms with E-state index < -0.39 is 26.8 Å². The van der Waals surface area contributed by atoms with E-state index in [1.807, 2.05) is 39.0 Å². The molecule has 48 heavy (non-hydrogen) atoms. The van der Waals surface area contributed by atoms with E-state index in [9.17, 15) is 23.1 Å². The lowest BCUT2D eigenvalue weighted by Crippen LogP contribution is -2.53. The number of sulfonamides is 1. The van der Waals surface area contributed by atoms with E-state index in [1.165, 1.54) is 0 Å². The molecule has 0 saturated heterocycles. The molecule has 5 atom stereocenters. The van der Waals surface area contributed by atoms with E-state index >= 15 is 0 Å². The number of halogens is 1. The maximum Gasteiger partial charge on any atom is 0.264 e. The fraction of sp³-hybridized carbons (Fsp3) is 0.622. The zero-order chi connectivity index (χ0) is 34.6. The van der Waals surface area contributed by atoms with Gasteiger partial charge in [-0.1, -0.05) is 31.0 Å². The Morgan fingerprint density at radius 3 is 2.54 bits per heavy atom. The predicted molar refractivity (Wildman–Crippen MR) is 190 cm³/mol. The summed E-state index contributed by atoms with van der Waals surface area (Å²) >= 11 is 6.35. The van der Waals surface area contributed by atoms with Crippen LogP contribution in [0.25, 0.3) is 0 Å². The molecule has 2 bridgehead atoms. The third-order valence-electron chi connectivity index (χ3n) is 11.2. The van der Waals surface area contributed by atoms with Crippen molar-refractivity contribution in [1.82, 2.24) is 9.62 Å². The first-order valence-corrected chi connectivity index (χ1v) is 19.6. The Bertz CT molecular complexity index is 1580. The van der Waals surface area contributed by atoms with Crippen molar-refractivity contribution in [3.63, 3.8) is 0 Å². The third-order valence-corrected chi connectivity index (χ3v) is 13.3. The van der Waals surface area contributed by atoms with Crippen LogP contribution in [0.4, 0.5) is 5.69 Å². The highest BCUT2D eigenvalue weighted by atomic mass is 35.5. The number of aliphatic hydroxyl groups is 1. The van der Waals surface area contributed by atoms with Gasteiger partial charge in [-0.2, -0.15) is 0 Å². The van der Waals surface area contributed by atoms with Gasteiger partial charge in [-0.25, -0.2) is 13.1 Å². The maximum absolute atomic E-state index is 13.5. The predicted octanol–water partition coefficient (Wildman–Crippen LogP) is 6.35. The number of hydrogen-bond acceptors (Lipinski definition) is 7. The van der Waals surface area contributed by atoms with E-state index in [0.717, 1.165) is 48.9 Å². The number of carbonyl (C=O) groups is 2. The van der Waals surface area contributed by atoms with Crippen LogP contribution < -0.4 is 14.4 Å². The number of carbonyl (C=O) groups excluding carboxylic acids is 2. The molecule has 1 aliphatic carbocycles. The Kier molecular flexibility index (Phi) is 11.7. The van der Waals surface area contributed by atoms with Gasteiger partial charge in [0.25, 0.3) is 5.91 Å². The smallest absolute Gasteiger partial charge is 0.264 e. The van der Waals surface area contributed by atoms with Crippen LogP contribution in [0.1, 0.15) is 101 Å². The van der Waals surface area contributed by atoms with Crippen LogP contribution in [0, 0.1) is 17.8 Å². The molecule has 2 aromatic rings. The molecule has 3 aliphatic rings. The molecule has 0 radical (unpaired) electrons. The van der Waals surface area contributed by atoms with Crippen molar-refractivity contribution in [2.24, 2.45) is 17.8 Å². The molecule has 2 aliphatic heterocycles. The fourth-order valence-electron chi connectivity index (χ4n) is 7.76. The first-order chi connectivity index (χ1) is 22.8. The summed E-state index contributed by atoms with van der Waals surface area (Å²) in [4.78, 5) is 30.9. The highest BCUT2D eigenvalue weighted by molar-refractivity contribution is 7.90. The lowest BCUT2D eigenvalue weighted by molar-refractivity contribution is -0.145. The van der Waals surface area contributed by atoms with E-state index in [0.29, 0.717) is 62.8 Å². The number of aryl methyl sites for hydroxylation is 1. The Morgan fingerprint density at radius 1 is 1.06 bits per heavy atom. The third kappa shape index (κ3) is 8.13. The van der Waals surface area contributed by atoms with Crippen molar-refractivity contribution in [1.29, 1.82) is 0 Å². The molecule has 2 aromatic carbocycles. The van der Waals surface area contributed by atoms with Crippen molar-refractivity contribution in [2.45, 2.75) is 103 Å². The molecule has 1 fully saturated rings. The number of fused-ring (bicyclic) bond motifs is 3. The minimum atomic E-state index is -3.99. The van der Waals surface area contributed by atoms with Crippen LogP contribution in [-0.2, 0) is 27.8 Å². The summed E-state index contributed by atoms with van der Waals surface area (Å²) in [5.74, 6) is -0.325. The Morgan fingerprint density at radius 2 is 1.83 bits per heavy atom. The number of rotatable bonds is 4. The molecule has 2 N–H and O–H groups in total. The molecule has 264 valence electrons. The number of benzene rings is 2. The van der Waals surface area contributed by atoms with Crippen molar-refractivity contribution in [3.8, 4) is 5.75 Å². The Balaban J connectivity index is 1.55. The monoisotopic (exact) mass is 701 g/mol. The summed E-state index contributed by atoms with van der Waals surface area (Å²) in [5.41, 5.74) is 1.96. The second-order valence-corrected chi connectivity index (χ2v) is 16.6. The maximum atomic E-state index is 13.5. The van der Waals surface area contributed by atoms with E-state index in [2.05, 4.69) is 9.62 Å². The minimum absolute atomic E-state index is 0.0486. The van der Waals surface area contributed by atoms with Gasteiger partial charge in [-0.3, -0.25) is 9.59 Å². The molecule has 0 unspecified atom stereocenters. The van der Waals surface area contributed by atoms with Crippen molar-refractivity contribution in [2.75, 3.05) is 31.1 Å². The Labute approximate surface area is 291 Å². The normalized spacial score (nSPS) is 28.0. The van der Waals surface area contributed by atoms with Gasteiger partial charge in [0.2, 0.25) is 15.9 Å². The molecule has 5 rings (SSSR count). The van der Waals surface area contributed by atoms with Gasteiger partial charge in [0.05, 0.1) is 23.0 Å². The molecule has 11 heteroatoms. The quantitative estimate of drug-likeness (QED) is 0.382. The zero-order valence-electron chi connectivity index (χ0n) is 28.8. The molecule has 9 nitrogen and oxygen atoms in total. The van der Waals surface area contributed by atoms with Crippen LogP contribution in [0.2, 0.25) is 5.02 Å². The van der Waals surface area contributed by atoms with Crippen LogP contribution in [0.5, 0.6) is 5.75 Å². The SMILES string of the molecule is CCN(CC)C(=O)C[C@@]1(O)CCC[C@H](C)[C@@H](C)S(=O)(=O)NC(=O)c2ccc3c(c2)N(CCCCc2cc(Cl)ccc2CO3)C[C@@H]2CC[C@H]21. The summed E-state index contributed by atoms with van der Waals surface area (Å²) in [5, 5.41) is 12.3. The van der Waals surface area contributed by atoms with Crippen LogP contribution in [0.15, 0.2) is 36.4 Å². The van der Waals surface area contributed by atoms with E-state index in [4.69, 9.17) is 16.3 Å². The number of nitrogens with zero attached hydrogens (tertiary/aromatic N) is 2. The number of anilines is 1.